The van der Waals surface area contributed by atoms with Gasteiger partial charge in [-0.3, -0.25) is 9.36 Å². The Bertz CT molecular complexity index is 1250. The van der Waals surface area contributed by atoms with E-state index in [0.29, 0.717) is 13.1 Å². The third kappa shape index (κ3) is 4.11. The van der Waals surface area contributed by atoms with Gasteiger partial charge in [-0.05, 0) is 47.5 Å². The molecule has 0 radical (unpaired) electrons. The fourth-order valence-corrected chi connectivity index (χ4v) is 3.69. The van der Waals surface area contributed by atoms with Crippen LogP contribution in [0.25, 0.3) is 22.5 Å². The van der Waals surface area contributed by atoms with E-state index < -0.39 is 0 Å². The Morgan fingerprint density at radius 1 is 0.531 bits per heavy atom. The minimum absolute atomic E-state index is 0.228. The van der Waals surface area contributed by atoms with Gasteiger partial charge >= 0.3 is 0 Å². The van der Waals surface area contributed by atoms with Crippen molar-refractivity contribution in [1.29, 1.82) is 0 Å². The predicted octanol–water partition coefficient (Wildman–Crippen LogP) is 4.92. The van der Waals surface area contributed by atoms with Crippen LogP contribution in [0.4, 0.5) is 0 Å². The van der Waals surface area contributed by atoms with Crippen LogP contribution in [-0.2, 0) is 13.1 Å². The van der Waals surface area contributed by atoms with Crippen molar-refractivity contribution in [2.45, 2.75) is 13.1 Å². The molecule has 0 amide bonds. The fraction of sp³-hybridized carbons (Fsp3) is 0.0769. The minimum Gasteiger partial charge on any atom is -0.507 e. The van der Waals surface area contributed by atoms with Gasteiger partial charge in [0.1, 0.15) is 11.5 Å². The molecule has 2 heterocycles. The molecular weight excluding hydrogens is 400 g/mol. The number of aromatic nitrogens is 4. The van der Waals surface area contributed by atoms with E-state index in [4.69, 9.17) is 0 Å². The largest absolute Gasteiger partial charge is 0.507 e. The van der Waals surface area contributed by atoms with Crippen molar-refractivity contribution in [3.05, 3.63) is 108 Å². The molecule has 0 unspecified atom stereocenters. The summed E-state index contributed by atoms with van der Waals surface area (Å²) in [5, 5.41) is 29.2. The van der Waals surface area contributed by atoms with Crippen molar-refractivity contribution in [2.75, 3.05) is 0 Å². The number of hydrogen-bond donors (Lipinski definition) is 2. The molecule has 2 N–H and O–H groups in total. The van der Waals surface area contributed by atoms with Crippen LogP contribution in [0, 0.1) is 0 Å². The van der Waals surface area contributed by atoms with E-state index in [1.807, 2.05) is 58.2 Å². The summed E-state index contributed by atoms with van der Waals surface area (Å²) in [5.74, 6) is 0.456. The van der Waals surface area contributed by atoms with Crippen LogP contribution in [0.3, 0.4) is 0 Å². The molecule has 3 aromatic carbocycles. The molecule has 5 aromatic rings. The quantitative estimate of drug-likeness (QED) is 0.407. The lowest BCUT2D eigenvalue weighted by atomic mass is 10.1. The second kappa shape index (κ2) is 8.43. The van der Waals surface area contributed by atoms with Crippen LogP contribution in [0.5, 0.6) is 11.5 Å². The number of nitrogens with zero attached hydrogens (tertiary/aromatic N) is 4. The van der Waals surface area contributed by atoms with E-state index in [1.165, 1.54) is 0 Å². The Balaban J connectivity index is 1.26. The Hall–Kier alpha value is -4.32. The highest BCUT2D eigenvalue weighted by Gasteiger charge is 2.09. The maximum Gasteiger partial charge on any atom is 0.125 e. The van der Waals surface area contributed by atoms with Crippen LogP contribution >= 0.6 is 0 Å². The molecule has 0 aliphatic rings. The van der Waals surface area contributed by atoms with Gasteiger partial charge in [0, 0.05) is 23.5 Å². The summed E-state index contributed by atoms with van der Waals surface area (Å²) >= 11 is 0. The van der Waals surface area contributed by atoms with Crippen molar-refractivity contribution < 1.29 is 10.2 Å². The van der Waals surface area contributed by atoms with Gasteiger partial charge in [-0.1, -0.05) is 48.5 Å². The molecule has 0 fully saturated rings. The summed E-state index contributed by atoms with van der Waals surface area (Å²) in [6.45, 7) is 1.29. The summed E-state index contributed by atoms with van der Waals surface area (Å²) < 4.78 is 3.73. The lowest BCUT2D eigenvalue weighted by molar-refractivity contribution is 0.476. The number of phenolic OH excluding ortho intramolecular Hbond substituents is 2. The molecule has 6 nitrogen and oxygen atoms in total. The van der Waals surface area contributed by atoms with Crippen molar-refractivity contribution in [3.8, 4) is 34.0 Å². The highest BCUT2D eigenvalue weighted by atomic mass is 16.3. The first-order valence-electron chi connectivity index (χ1n) is 10.4. The standard InChI is InChI=1S/C26H22N4O2/c31-25-7-3-1-5-21(25)23-13-15-29(27-23)17-19-9-11-20(12-10-19)18-30-16-14-24(28-30)22-6-2-4-8-26(22)32/h1-16,31-32H,17-18H2. The summed E-state index contributed by atoms with van der Waals surface area (Å²) in [5.41, 5.74) is 5.22. The Morgan fingerprint density at radius 2 is 0.938 bits per heavy atom. The smallest absolute Gasteiger partial charge is 0.125 e. The third-order valence-corrected chi connectivity index (χ3v) is 5.35. The number of para-hydroxylation sites is 2. The Labute approximate surface area is 185 Å². The monoisotopic (exact) mass is 422 g/mol. The molecule has 0 bridgehead atoms. The molecule has 5 rings (SSSR count). The Morgan fingerprint density at radius 3 is 1.34 bits per heavy atom. The van der Waals surface area contributed by atoms with Gasteiger partial charge in [0.15, 0.2) is 0 Å². The molecule has 158 valence electrons. The van der Waals surface area contributed by atoms with E-state index in [1.54, 1.807) is 24.3 Å². The zero-order valence-corrected chi connectivity index (χ0v) is 17.3. The number of hydrogen-bond acceptors (Lipinski definition) is 4. The molecule has 0 aliphatic heterocycles. The lowest BCUT2D eigenvalue weighted by Gasteiger charge is -2.06. The van der Waals surface area contributed by atoms with Gasteiger partial charge < -0.3 is 10.2 Å². The van der Waals surface area contributed by atoms with Crippen LogP contribution in [-0.4, -0.2) is 29.8 Å². The summed E-state index contributed by atoms with van der Waals surface area (Å²) in [4.78, 5) is 0. The molecule has 0 saturated carbocycles. The number of aromatic hydroxyl groups is 2. The fourth-order valence-electron chi connectivity index (χ4n) is 3.69. The molecular formula is C26H22N4O2. The molecule has 0 atom stereocenters. The highest BCUT2D eigenvalue weighted by molar-refractivity contribution is 5.66. The topological polar surface area (TPSA) is 76.1 Å². The first-order valence-corrected chi connectivity index (χ1v) is 10.4. The second-order valence-electron chi connectivity index (χ2n) is 7.65. The van der Waals surface area contributed by atoms with Crippen molar-refractivity contribution >= 4 is 0 Å². The highest BCUT2D eigenvalue weighted by Crippen LogP contribution is 2.28. The first kappa shape index (κ1) is 19.6. The molecule has 6 heteroatoms. The molecule has 0 spiro atoms. The van der Waals surface area contributed by atoms with Crippen LogP contribution in [0.15, 0.2) is 97.3 Å². The second-order valence-corrected chi connectivity index (χ2v) is 7.65. The number of phenols is 2. The molecule has 32 heavy (non-hydrogen) atoms. The average Bonchev–Trinajstić information content (AvgIpc) is 3.46. The van der Waals surface area contributed by atoms with Gasteiger partial charge in [-0.2, -0.15) is 10.2 Å². The van der Waals surface area contributed by atoms with E-state index in [-0.39, 0.29) is 11.5 Å². The number of rotatable bonds is 6. The maximum atomic E-state index is 10.0. The Kier molecular flexibility index (Phi) is 5.17. The molecule has 0 aliphatic carbocycles. The van der Waals surface area contributed by atoms with Gasteiger partial charge in [0.05, 0.1) is 24.5 Å². The zero-order valence-electron chi connectivity index (χ0n) is 17.3. The van der Waals surface area contributed by atoms with E-state index >= 15 is 0 Å². The van der Waals surface area contributed by atoms with Gasteiger partial charge in [0.2, 0.25) is 0 Å². The van der Waals surface area contributed by atoms with Gasteiger partial charge in [-0.15, -0.1) is 0 Å². The van der Waals surface area contributed by atoms with Crippen LogP contribution < -0.4 is 0 Å². The average molecular weight is 422 g/mol. The van der Waals surface area contributed by atoms with Gasteiger partial charge in [-0.25, -0.2) is 0 Å². The van der Waals surface area contributed by atoms with Crippen LogP contribution in [0.1, 0.15) is 11.1 Å². The first-order chi connectivity index (χ1) is 15.7. The normalized spacial score (nSPS) is 11.0. The van der Waals surface area contributed by atoms with Crippen molar-refractivity contribution in [2.24, 2.45) is 0 Å². The summed E-state index contributed by atoms with van der Waals surface area (Å²) in [6.07, 6.45) is 3.83. The van der Waals surface area contributed by atoms with E-state index in [0.717, 1.165) is 33.6 Å². The minimum atomic E-state index is 0.228. The predicted molar refractivity (Wildman–Crippen MR) is 123 cm³/mol. The number of benzene rings is 3. The summed E-state index contributed by atoms with van der Waals surface area (Å²) in [7, 11) is 0. The lowest BCUT2D eigenvalue weighted by Crippen LogP contribution is -2.03. The van der Waals surface area contributed by atoms with Crippen LogP contribution in [0.2, 0.25) is 0 Å². The molecule has 0 saturated heterocycles. The SMILES string of the molecule is Oc1ccccc1-c1ccn(Cc2ccc(Cn3ccc(-c4ccccc4O)n3)cc2)n1. The van der Waals surface area contributed by atoms with Gasteiger partial charge in [0.25, 0.3) is 0 Å². The zero-order chi connectivity index (χ0) is 21.9. The van der Waals surface area contributed by atoms with Crippen molar-refractivity contribution in [3.63, 3.8) is 0 Å². The third-order valence-electron chi connectivity index (χ3n) is 5.35. The molecule has 2 aromatic heterocycles. The summed E-state index contributed by atoms with van der Waals surface area (Å²) in [6, 6.07) is 26.6. The van der Waals surface area contributed by atoms with E-state index in [2.05, 4.69) is 34.5 Å². The van der Waals surface area contributed by atoms with E-state index in [9.17, 15) is 10.2 Å². The maximum absolute atomic E-state index is 10.0. The van der Waals surface area contributed by atoms with Crippen molar-refractivity contribution in [1.82, 2.24) is 19.6 Å².